The van der Waals surface area contributed by atoms with Crippen molar-refractivity contribution in [3.05, 3.63) is 89.0 Å². The van der Waals surface area contributed by atoms with Gasteiger partial charge in [0.2, 0.25) is 5.91 Å². The van der Waals surface area contributed by atoms with Crippen molar-refractivity contribution in [2.24, 2.45) is 0 Å². The highest BCUT2D eigenvalue weighted by Gasteiger charge is 2.34. The molecule has 0 bridgehead atoms. The van der Waals surface area contributed by atoms with Crippen LogP contribution < -0.4 is 14.8 Å². The number of benzene rings is 3. The third-order valence-corrected chi connectivity index (χ3v) is 6.23. The lowest BCUT2D eigenvalue weighted by atomic mass is 9.75. The van der Waals surface area contributed by atoms with Gasteiger partial charge in [0.1, 0.15) is 11.5 Å². The fourth-order valence-electron chi connectivity index (χ4n) is 4.44. The Labute approximate surface area is 205 Å². The Bertz CT molecular complexity index is 1180. The summed E-state index contributed by atoms with van der Waals surface area (Å²) in [6.07, 6.45) is 1.05. The smallest absolute Gasteiger partial charge is 0.308 e. The molecule has 6 heteroatoms. The van der Waals surface area contributed by atoms with E-state index in [4.69, 9.17) is 21.1 Å². The van der Waals surface area contributed by atoms with E-state index in [9.17, 15) is 9.59 Å². The molecule has 1 aliphatic heterocycles. The van der Waals surface area contributed by atoms with E-state index < -0.39 is 0 Å². The first-order valence-electron chi connectivity index (χ1n) is 11.4. The molecule has 3 aromatic rings. The molecule has 1 aliphatic rings. The minimum absolute atomic E-state index is 0.0397. The predicted molar refractivity (Wildman–Crippen MR) is 134 cm³/mol. The number of rotatable bonds is 7. The van der Waals surface area contributed by atoms with Crippen molar-refractivity contribution in [2.45, 2.75) is 38.5 Å². The number of alkyl halides is 1. The molecule has 0 radical (unpaired) electrons. The highest BCUT2D eigenvalue weighted by atomic mass is 35.5. The number of amides is 1. The maximum Gasteiger partial charge on any atom is 0.308 e. The van der Waals surface area contributed by atoms with Gasteiger partial charge in [0.05, 0.1) is 6.61 Å². The fraction of sp³-hybridized carbons (Fsp3) is 0.286. The summed E-state index contributed by atoms with van der Waals surface area (Å²) in [6, 6.07) is 22.0. The predicted octanol–water partition coefficient (Wildman–Crippen LogP) is 6.19. The van der Waals surface area contributed by atoms with E-state index in [1.54, 1.807) is 12.1 Å². The molecule has 34 heavy (non-hydrogen) atoms. The van der Waals surface area contributed by atoms with Crippen molar-refractivity contribution in [1.82, 2.24) is 0 Å². The first-order chi connectivity index (χ1) is 16.4. The van der Waals surface area contributed by atoms with E-state index >= 15 is 0 Å². The Morgan fingerprint density at radius 3 is 2.56 bits per heavy atom. The van der Waals surface area contributed by atoms with Crippen molar-refractivity contribution in [3.63, 3.8) is 0 Å². The van der Waals surface area contributed by atoms with E-state index in [0.29, 0.717) is 36.8 Å². The zero-order chi connectivity index (χ0) is 24.1. The summed E-state index contributed by atoms with van der Waals surface area (Å²) in [7, 11) is 0. The maximum atomic E-state index is 12.1. The average molecular weight is 478 g/mol. The second kappa shape index (κ2) is 10.7. The number of carbonyl (C=O) groups excluding carboxylic acids is 2. The SMILES string of the molecule is CC(=O)Oc1ccc2c(c1)OCC(c1cccc(C)c1)C2c1ccc(NC(=O)CCCCl)cc1. The minimum atomic E-state index is -0.367. The molecule has 0 fully saturated rings. The molecule has 0 spiro atoms. The van der Waals surface area contributed by atoms with Gasteiger partial charge in [-0.1, -0.05) is 48.0 Å². The molecule has 1 amide bonds. The lowest BCUT2D eigenvalue weighted by Crippen LogP contribution is -2.25. The van der Waals surface area contributed by atoms with Gasteiger partial charge in [-0.15, -0.1) is 11.6 Å². The number of halogens is 1. The van der Waals surface area contributed by atoms with Crippen LogP contribution in [0.4, 0.5) is 5.69 Å². The number of fused-ring (bicyclic) bond motifs is 1. The van der Waals surface area contributed by atoms with Gasteiger partial charge in [-0.25, -0.2) is 0 Å². The summed E-state index contributed by atoms with van der Waals surface area (Å²) in [5, 5.41) is 2.93. The molecule has 0 aliphatic carbocycles. The Balaban J connectivity index is 1.68. The molecule has 0 aromatic heterocycles. The molecule has 0 saturated heterocycles. The monoisotopic (exact) mass is 477 g/mol. The molecule has 3 aromatic carbocycles. The number of hydrogen-bond donors (Lipinski definition) is 1. The normalized spacial score (nSPS) is 16.8. The molecule has 176 valence electrons. The Kier molecular flexibility index (Phi) is 7.53. The summed E-state index contributed by atoms with van der Waals surface area (Å²) < 4.78 is 11.4. The summed E-state index contributed by atoms with van der Waals surface area (Å²) in [4.78, 5) is 23.5. The minimum Gasteiger partial charge on any atom is -0.492 e. The summed E-state index contributed by atoms with van der Waals surface area (Å²) in [6.45, 7) is 3.97. The van der Waals surface area contributed by atoms with Crippen molar-refractivity contribution in [1.29, 1.82) is 0 Å². The van der Waals surface area contributed by atoms with Gasteiger partial charge < -0.3 is 14.8 Å². The van der Waals surface area contributed by atoms with Crippen molar-refractivity contribution < 1.29 is 19.1 Å². The van der Waals surface area contributed by atoms with Crippen LogP contribution in [0, 0.1) is 6.92 Å². The quantitative estimate of drug-likeness (QED) is 0.250. The molecule has 0 saturated carbocycles. The lowest BCUT2D eigenvalue weighted by molar-refractivity contribution is -0.131. The molecule has 1 heterocycles. The average Bonchev–Trinajstić information content (AvgIpc) is 2.82. The number of ether oxygens (including phenoxy) is 2. The zero-order valence-electron chi connectivity index (χ0n) is 19.3. The van der Waals surface area contributed by atoms with E-state index in [2.05, 4.69) is 48.6 Å². The third kappa shape index (κ3) is 5.60. The Morgan fingerprint density at radius 1 is 1.06 bits per heavy atom. The molecule has 1 N–H and O–H groups in total. The van der Waals surface area contributed by atoms with E-state index in [1.165, 1.54) is 18.1 Å². The van der Waals surface area contributed by atoms with Gasteiger partial charge >= 0.3 is 5.97 Å². The van der Waals surface area contributed by atoms with Crippen LogP contribution in [0.1, 0.15) is 53.9 Å². The van der Waals surface area contributed by atoms with E-state index in [1.807, 2.05) is 18.2 Å². The molecule has 5 nitrogen and oxygen atoms in total. The Morgan fingerprint density at radius 2 is 1.85 bits per heavy atom. The van der Waals surface area contributed by atoms with Gasteiger partial charge in [0, 0.05) is 48.4 Å². The van der Waals surface area contributed by atoms with Gasteiger partial charge in [-0.05, 0) is 42.7 Å². The van der Waals surface area contributed by atoms with Crippen LogP contribution in [0.3, 0.4) is 0 Å². The summed E-state index contributed by atoms with van der Waals surface area (Å²) >= 11 is 5.69. The third-order valence-electron chi connectivity index (χ3n) is 5.96. The second-order valence-electron chi connectivity index (χ2n) is 8.57. The topological polar surface area (TPSA) is 64.6 Å². The maximum absolute atomic E-state index is 12.1. The lowest BCUT2D eigenvalue weighted by Gasteiger charge is -2.35. The zero-order valence-corrected chi connectivity index (χ0v) is 20.1. The van der Waals surface area contributed by atoms with E-state index in [-0.39, 0.29) is 23.7 Å². The molecule has 2 atom stereocenters. The van der Waals surface area contributed by atoms with Crippen LogP contribution in [0.2, 0.25) is 0 Å². The number of aryl methyl sites for hydroxylation is 1. The highest BCUT2D eigenvalue weighted by Crippen LogP contribution is 2.47. The van der Waals surface area contributed by atoms with Gasteiger partial charge in [-0.3, -0.25) is 9.59 Å². The van der Waals surface area contributed by atoms with Crippen LogP contribution in [-0.2, 0) is 9.59 Å². The van der Waals surface area contributed by atoms with Crippen molar-refractivity contribution >= 4 is 29.2 Å². The summed E-state index contributed by atoms with van der Waals surface area (Å²) in [5.41, 5.74) is 5.32. The van der Waals surface area contributed by atoms with Crippen LogP contribution in [0.5, 0.6) is 11.5 Å². The standard InChI is InChI=1S/C28H28ClNO4/c1-18-5-3-6-21(15-18)25-17-33-26-16-23(34-19(2)31)12-13-24(26)28(25)20-8-10-22(11-9-20)30-27(32)7-4-14-29/h3,5-6,8-13,15-16,25,28H,4,7,14,17H2,1-2H3,(H,30,32). The second-order valence-corrected chi connectivity index (χ2v) is 8.94. The number of carbonyl (C=O) groups is 2. The number of esters is 1. The molecule has 2 unspecified atom stereocenters. The number of nitrogens with one attached hydrogen (secondary N) is 1. The largest absolute Gasteiger partial charge is 0.492 e. The summed E-state index contributed by atoms with van der Waals surface area (Å²) in [5.74, 6) is 1.39. The van der Waals surface area contributed by atoms with Crippen LogP contribution in [0.15, 0.2) is 66.7 Å². The van der Waals surface area contributed by atoms with E-state index in [0.717, 1.165) is 16.8 Å². The number of anilines is 1. The highest BCUT2D eigenvalue weighted by molar-refractivity contribution is 6.18. The molecule has 4 rings (SSSR count). The molecular weight excluding hydrogens is 450 g/mol. The van der Waals surface area contributed by atoms with Crippen molar-refractivity contribution in [2.75, 3.05) is 17.8 Å². The van der Waals surface area contributed by atoms with Gasteiger partial charge in [0.15, 0.2) is 0 Å². The van der Waals surface area contributed by atoms with Gasteiger partial charge in [-0.2, -0.15) is 0 Å². The first-order valence-corrected chi connectivity index (χ1v) is 12.0. The van der Waals surface area contributed by atoms with Crippen molar-refractivity contribution in [3.8, 4) is 11.5 Å². The fourth-order valence-corrected chi connectivity index (χ4v) is 4.58. The van der Waals surface area contributed by atoms with Crippen LogP contribution >= 0.6 is 11.6 Å². The first kappa shape index (κ1) is 23.8. The van der Waals surface area contributed by atoms with Gasteiger partial charge in [0.25, 0.3) is 0 Å². The Hall–Kier alpha value is -3.31. The van der Waals surface area contributed by atoms with Crippen LogP contribution in [-0.4, -0.2) is 24.4 Å². The molecular formula is C28H28ClNO4. The number of hydrogen-bond acceptors (Lipinski definition) is 4. The van der Waals surface area contributed by atoms with Crippen LogP contribution in [0.25, 0.3) is 0 Å².